The third-order valence-electron chi connectivity index (χ3n) is 4.37. The van der Waals surface area contributed by atoms with Gasteiger partial charge in [0.2, 0.25) is 0 Å². The Morgan fingerprint density at radius 2 is 1.87 bits per heavy atom. The number of amides is 1. The number of rotatable bonds is 4. The normalized spacial score (nSPS) is 18.0. The zero-order valence-electron chi connectivity index (χ0n) is 13.2. The van der Waals surface area contributed by atoms with Crippen LogP contribution in [0.4, 0.5) is 0 Å². The first-order valence-electron chi connectivity index (χ1n) is 7.93. The number of nitrogens with one attached hydrogen (secondary N) is 2. The number of likely N-dealkylation sites (tertiary alicyclic amines) is 1. The van der Waals surface area contributed by atoms with Gasteiger partial charge in [-0.3, -0.25) is 9.59 Å². The third kappa shape index (κ3) is 3.35. The topological polar surface area (TPSA) is 65.2 Å². The highest BCUT2D eigenvalue weighted by Crippen LogP contribution is 2.16. The van der Waals surface area contributed by atoms with Crippen molar-refractivity contribution in [3.63, 3.8) is 0 Å². The van der Waals surface area contributed by atoms with E-state index in [0.717, 1.165) is 25.9 Å². The summed E-state index contributed by atoms with van der Waals surface area (Å²) in [7, 11) is 1.93. The Hall–Kier alpha value is -2.40. The molecule has 120 valence electrons. The van der Waals surface area contributed by atoms with E-state index in [-0.39, 0.29) is 11.7 Å². The third-order valence-corrected chi connectivity index (χ3v) is 4.37. The maximum atomic E-state index is 12.6. The zero-order valence-corrected chi connectivity index (χ0v) is 13.2. The second-order valence-electron chi connectivity index (χ2n) is 5.89. The van der Waals surface area contributed by atoms with Crippen LogP contribution in [0.5, 0.6) is 0 Å². The van der Waals surface area contributed by atoms with Crippen molar-refractivity contribution in [2.45, 2.75) is 18.9 Å². The number of benzene rings is 1. The fourth-order valence-corrected chi connectivity index (χ4v) is 2.98. The predicted molar refractivity (Wildman–Crippen MR) is 88.7 cm³/mol. The Morgan fingerprint density at radius 1 is 1.13 bits per heavy atom. The molecule has 0 aliphatic carbocycles. The molecule has 5 nitrogen and oxygen atoms in total. The minimum Gasteiger partial charge on any atom is -0.367 e. The van der Waals surface area contributed by atoms with Crippen LogP contribution in [-0.4, -0.2) is 47.8 Å². The van der Waals surface area contributed by atoms with E-state index in [1.807, 2.05) is 11.9 Å². The van der Waals surface area contributed by atoms with Crippen molar-refractivity contribution in [2.75, 3.05) is 20.1 Å². The van der Waals surface area contributed by atoms with E-state index in [9.17, 15) is 9.59 Å². The van der Waals surface area contributed by atoms with Gasteiger partial charge in [0.05, 0.1) is 0 Å². The summed E-state index contributed by atoms with van der Waals surface area (Å²) in [4.78, 5) is 29.6. The first-order chi connectivity index (χ1) is 11.2. The van der Waals surface area contributed by atoms with Gasteiger partial charge >= 0.3 is 0 Å². The molecule has 1 aromatic carbocycles. The Morgan fingerprint density at radius 3 is 2.52 bits per heavy atom. The summed E-state index contributed by atoms with van der Waals surface area (Å²) in [6.45, 7) is 1.53. The molecular weight excluding hydrogens is 290 g/mol. The molecule has 0 bridgehead atoms. The Balaban J connectivity index is 1.71. The monoisotopic (exact) mass is 311 g/mol. The van der Waals surface area contributed by atoms with Crippen molar-refractivity contribution in [3.8, 4) is 0 Å². The molecule has 0 unspecified atom stereocenters. The van der Waals surface area contributed by atoms with Gasteiger partial charge in [-0.1, -0.05) is 12.1 Å². The maximum absolute atomic E-state index is 12.6. The lowest BCUT2D eigenvalue weighted by Gasteiger charge is -2.32. The molecule has 1 aliphatic rings. The van der Waals surface area contributed by atoms with Crippen LogP contribution in [0.3, 0.4) is 0 Å². The summed E-state index contributed by atoms with van der Waals surface area (Å²) in [5, 5.41) is 3.24. The molecule has 0 radical (unpaired) electrons. The average molecular weight is 311 g/mol. The van der Waals surface area contributed by atoms with Gasteiger partial charge in [0.15, 0.2) is 5.78 Å². The highest BCUT2D eigenvalue weighted by Gasteiger charge is 2.23. The van der Waals surface area contributed by atoms with Gasteiger partial charge in [-0.25, -0.2) is 0 Å². The number of hydrogen-bond acceptors (Lipinski definition) is 3. The largest absolute Gasteiger partial charge is 0.367 e. The van der Waals surface area contributed by atoms with E-state index < -0.39 is 0 Å². The second-order valence-corrected chi connectivity index (χ2v) is 5.89. The molecule has 1 fully saturated rings. The van der Waals surface area contributed by atoms with Crippen LogP contribution in [0.2, 0.25) is 0 Å². The van der Waals surface area contributed by atoms with E-state index in [1.165, 1.54) is 0 Å². The second kappa shape index (κ2) is 6.79. The summed E-state index contributed by atoms with van der Waals surface area (Å²) < 4.78 is 0. The number of likely N-dealkylation sites (N-methyl/N-ethyl adjacent to an activating group) is 1. The van der Waals surface area contributed by atoms with E-state index in [1.54, 1.807) is 42.7 Å². The van der Waals surface area contributed by atoms with Crippen LogP contribution in [-0.2, 0) is 0 Å². The molecule has 1 atom stereocenters. The quantitative estimate of drug-likeness (QED) is 0.850. The standard InChI is InChI=1S/C18H21N3O2/c1-19-16-3-2-10-21(12-16)18(23)14-6-4-13(5-7-14)17(22)15-8-9-20-11-15/h4-9,11,16,19-20H,2-3,10,12H2,1H3/t16-/m0/s1. The van der Waals surface area contributed by atoms with Crippen LogP contribution < -0.4 is 5.32 Å². The fourth-order valence-electron chi connectivity index (χ4n) is 2.98. The molecule has 3 rings (SSSR count). The highest BCUT2D eigenvalue weighted by molar-refractivity contribution is 6.09. The number of H-pyrrole nitrogens is 1. The minimum absolute atomic E-state index is 0.0330. The molecule has 2 heterocycles. The Kier molecular flexibility index (Phi) is 4.57. The van der Waals surface area contributed by atoms with Gasteiger partial charge < -0.3 is 15.2 Å². The van der Waals surface area contributed by atoms with Crippen molar-refractivity contribution < 1.29 is 9.59 Å². The number of ketones is 1. The lowest BCUT2D eigenvalue weighted by Crippen LogP contribution is -2.46. The summed E-state index contributed by atoms with van der Waals surface area (Å²) in [5.74, 6) is -0.0101. The van der Waals surface area contributed by atoms with Crippen molar-refractivity contribution in [1.29, 1.82) is 0 Å². The molecule has 23 heavy (non-hydrogen) atoms. The van der Waals surface area contributed by atoms with Gasteiger partial charge in [0.1, 0.15) is 0 Å². The number of hydrogen-bond donors (Lipinski definition) is 2. The SMILES string of the molecule is CN[C@H]1CCCN(C(=O)c2ccc(C(=O)c3cc[nH]c3)cc2)C1. The van der Waals surface area contributed by atoms with Crippen LogP contribution in [0.25, 0.3) is 0 Å². The molecule has 1 aliphatic heterocycles. The van der Waals surface area contributed by atoms with Crippen LogP contribution in [0.1, 0.15) is 39.1 Å². The van der Waals surface area contributed by atoms with Gasteiger partial charge in [-0.05, 0) is 38.1 Å². The summed E-state index contributed by atoms with van der Waals surface area (Å²) in [5.41, 5.74) is 1.84. The van der Waals surface area contributed by atoms with E-state index >= 15 is 0 Å². The fraction of sp³-hybridized carbons (Fsp3) is 0.333. The number of aromatic nitrogens is 1. The number of aromatic amines is 1. The number of carbonyl (C=O) groups is 2. The van der Waals surface area contributed by atoms with Gasteiger partial charge in [0, 0.05) is 48.2 Å². The maximum Gasteiger partial charge on any atom is 0.253 e. The zero-order chi connectivity index (χ0) is 16.2. The minimum atomic E-state index is -0.0431. The summed E-state index contributed by atoms with van der Waals surface area (Å²) in [6, 6.07) is 9.04. The van der Waals surface area contributed by atoms with Gasteiger partial charge in [-0.15, -0.1) is 0 Å². The smallest absolute Gasteiger partial charge is 0.253 e. The number of piperidine rings is 1. The Bertz CT molecular complexity index is 677. The summed E-state index contributed by atoms with van der Waals surface area (Å²) >= 11 is 0. The van der Waals surface area contributed by atoms with E-state index in [2.05, 4.69) is 10.3 Å². The molecule has 1 aromatic heterocycles. The molecule has 2 N–H and O–H groups in total. The van der Waals surface area contributed by atoms with E-state index in [0.29, 0.717) is 22.7 Å². The number of nitrogens with zero attached hydrogens (tertiary/aromatic N) is 1. The molecule has 1 amide bonds. The highest BCUT2D eigenvalue weighted by atomic mass is 16.2. The molecule has 0 spiro atoms. The molecule has 5 heteroatoms. The van der Waals surface area contributed by atoms with Crippen LogP contribution >= 0.6 is 0 Å². The van der Waals surface area contributed by atoms with Gasteiger partial charge in [0.25, 0.3) is 5.91 Å². The van der Waals surface area contributed by atoms with Crippen LogP contribution in [0.15, 0.2) is 42.7 Å². The van der Waals surface area contributed by atoms with Crippen molar-refractivity contribution >= 4 is 11.7 Å². The van der Waals surface area contributed by atoms with E-state index in [4.69, 9.17) is 0 Å². The lowest BCUT2D eigenvalue weighted by molar-refractivity contribution is 0.0698. The molecule has 1 saturated heterocycles. The van der Waals surface area contributed by atoms with Crippen LogP contribution in [0, 0.1) is 0 Å². The van der Waals surface area contributed by atoms with Crippen molar-refractivity contribution in [3.05, 3.63) is 59.4 Å². The first kappa shape index (κ1) is 15.5. The first-order valence-corrected chi connectivity index (χ1v) is 7.93. The Labute approximate surface area is 135 Å². The van der Waals surface area contributed by atoms with Gasteiger partial charge in [-0.2, -0.15) is 0 Å². The van der Waals surface area contributed by atoms with Crippen molar-refractivity contribution in [2.24, 2.45) is 0 Å². The summed E-state index contributed by atoms with van der Waals surface area (Å²) in [6.07, 6.45) is 5.51. The predicted octanol–water partition coefficient (Wildman–Crippen LogP) is 2.07. The average Bonchev–Trinajstić information content (AvgIpc) is 3.15. The lowest BCUT2D eigenvalue weighted by atomic mass is 10.0. The molecular formula is C18H21N3O2. The van der Waals surface area contributed by atoms with Crippen molar-refractivity contribution in [1.82, 2.24) is 15.2 Å². The molecule has 2 aromatic rings. The number of carbonyl (C=O) groups excluding carboxylic acids is 2. The molecule has 0 saturated carbocycles.